The van der Waals surface area contributed by atoms with Crippen molar-refractivity contribution in [1.82, 2.24) is 0 Å². The van der Waals surface area contributed by atoms with E-state index in [9.17, 15) is 4.39 Å². The van der Waals surface area contributed by atoms with E-state index in [2.05, 4.69) is 0 Å². The third-order valence-corrected chi connectivity index (χ3v) is 3.29. The zero-order valence-corrected chi connectivity index (χ0v) is 10.4. The van der Waals surface area contributed by atoms with E-state index in [0.717, 1.165) is 25.7 Å². The van der Waals surface area contributed by atoms with Crippen LogP contribution in [0.1, 0.15) is 25.7 Å². The molecule has 0 amide bonds. The zero-order valence-electron chi connectivity index (χ0n) is 10.4. The summed E-state index contributed by atoms with van der Waals surface area (Å²) in [6, 6.07) is 3.97. The van der Waals surface area contributed by atoms with Crippen LogP contribution in [0.15, 0.2) is 18.2 Å². The van der Waals surface area contributed by atoms with Crippen LogP contribution in [0.5, 0.6) is 5.75 Å². The molecule has 1 aliphatic carbocycles. The smallest absolute Gasteiger partial charge is 0.148 e. The highest BCUT2D eigenvalue weighted by molar-refractivity contribution is 5.54. The van der Waals surface area contributed by atoms with Gasteiger partial charge in [-0.2, -0.15) is 0 Å². The fourth-order valence-electron chi connectivity index (χ4n) is 2.32. The Balaban J connectivity index is 2.14. The molecule has 2 N–H and O–H groups in total. The van der Waals surface area contributed by atoms with Gasteiger partial charge in [0.15, 0.2) is 0 Å². The van der Waals surface area contributed by atoms with Gasteiger partial charge in [-0.25, -0.2) is 4.39 Å². The van der Waals surface area contributed by atoms with Crippen molar-refractivity contribution in [3.8, 4) is 5.75 Å². The van der Waals surface area contributed by atoms with E-state index < -0.39 is 5.82 Å². The Morgan fingerprint density at radius 3 is 2.67 bits per heavy atom. The molecule has 4 nitrogen and oxygen atoms in total. The number of hydrogen-bond acceptors (Lipinski definition) is 4. The quantitative estimate of drug-likeness (QED) is 0.812. The average Bonchev–Trinajstić information content (AvgIpc) is 2.40. The highest BCUT2D eigenvalue weighted by Gasteiger charge is 2.27. The molecule has 2 unspecified atom stereocenters. The Bertz CT molecular complexity index is 400. The number of halogens is 1. The lowest BCUT2D eigenvalue weighted by Crippen LogP contribution is -2.36. The van der Waals surface area contributed by atoms with Gasteiger partial charge >= 0.3 is 0 Å². The number of anilines is 1. The van der Waals surface area contributed by atoms with Crippen molar-refractivity contribution in [3.63, 3.8) is 0 Å². The van der Waals surface area contributed by atoms with Crippen LogP contribution in [0, 0.1) is 5.82 Å². The first-order valence-electron chi connectivity index (χ1n) is 6.13. The number of hydrogen-bond donors (Lipinski definition) is 2. The van der Waals surface area contributed by atoms with Gasteiger partial charge in [-0.05, 0) is 31.4 Å². The second-order valence-corrected chi connectivity index (χ2v) is 4.47. The molecule has 0 spiro atoms. The Labute approximate surface area is 106 Å². The Morgan fingerprint density at radius 1 is 1.28 bits per heavy atom. The fourth-order valence-corrected chi connectivity index (χ4v) is 2.32. The molecule has 100 valence electrons. The average molecular weight is 255 g/mol. The number of methoxy groups -OCH3 is 1. The first-order chi connectivity index (χ1) is 8.74. The van der Waals surface area contributed by atoms with Gasteiger partial charge in [0.25, 0.3) is 0 Å². The molecule has 1 aromatic rings. The van der Waals surface area contributed by atoms with Gasteiger partial charge in [-0.3, -0.25) is 10.7 Å². The van der Waals surface area contributed by atoms with Crippen LogP contribution >= 0.6 is 0 Å². The summed E-state index contributed by atoms with van der Waals surface area (Å²) in [5.41, 5.74) is 2.37. The number of benzene rings is 1. The Morgan fingerprint density at radius 2 is 2.00 bits per heavy atom. The second-order valence-electron chi connectivity index (χ2n) is 4.47. The van der Waals surface area contributed by atoms with Crippen molar-refractivity contribution in [3.05, 3.63) is 24.0 Å². The summed E-state index contributed by atoms with van der Waals surface area (Å²) in [5.74, 6) is -0.0831. The molecule has 1 aliphatic rings. The minimum Gasteiger partial charge on any atom is -0.485 e. The lowest BCUT2D eigenvalue weighted by Gasteiger charge is -2.31. The van der Waals surface area contributed by atoms with Crippen LogP contribution in [0.25, 0.3) is 0 Å². The van der Waals surface area contributed by atoms with Crippen molar-refractivity contribution in [1.29, 1.82) is 0 Å². The zero-order chi connectivity index (χ0) is 13.0. The molecule has 2 atom stereocenters. The molecule has 18 heavy (non-hydrogen) atoms. The van der Waals surface area contributed by atoms with Gasteiger partial charge in [0.1, 0.15) is 23.4 Å². The Hall–Kier alpha value is -1.33. The van der Waals surface area contributed by atoms with Crippen LogP contribution in [-0.4, -0.2) is 24.5 Å². The van der Waals surface area contributed by atoms with E-state index in [-0.39, 0.29) is 12.2 Å². The van der Waals surface area contributed by atoms with E-state index >= 15 is 0 Å². The SMILES string of the molecule is COC1CCCCC1Oc1cc(F)ccc1NO. The molecule has 2 rings (SSSR count). The summed E-state index contributed by atoms with van der Waals surface area (Å²) in [6.45, 7) is 0. The lowest BCUT2D eigenvalue weighted by atomic mass is 9.94. The summed E-state index contributed by atoms with van der Waals surface area (Å²) >= 11 is 0. The van der Waals surface area contributed by atoms with Gasteiger partial charge in [0.2, 0.25) is 0 Å². The van der Waals surface area contributed by atoms with E-state index in [4.69, 9.17) is 14.7 Å². The molecule has 0 aromatic heterocycles. The van der Waals surface area contributed by atoms with Crippen molar-refractivity contribution in [2.45, 2.75) is 37.9 Å². The maximum absolute atomic E-state index is 13.2. The molecular formula is C13H18FNO3. The number of ether oxygens (including phenoxy) is 2. The van der Waals surface area contributed by atoms with E-state index in [1.54, 1.807) is 7.11 Å². The normalized spacial score (nSPS) is 23.7. The van der Waals surface area contributed by atoms with Gasteiger partial charge in [-0.15, -0.1) is 0 Å². The summed E-state index contributed by atoms with van der Waals surface area (Å²) in [7, 11) is 1.66. The largest absolute Gasteiger partial charge is 0.485 e. The first-order valence-corrected chi connectivity index (χ1v) is 6.13. The maximum Gasteiger partial charge on any atom is 0.148 e. The van der Waals surface area contributed by atoms with Crippen molar-refractivity contribution < 1.29 is 19.1 Å². The van der Waals surface area contributed by atoms with Gasteiger partial charge in [0, 0.05) is 13.2 Å². The highest BCUT2D eigenvalue weighted by Crippen LogP contribution is 2.30. The molecule has 0 aliphatic heterocycles. The van der Waals surface area contributed by atoms with E-state index in [0.29, 0.717) is 11.4 Å². The second kappa shape index (κ2) is 6.02. The molecule has 1 saturated carbocycles. The lowest BCUT2D eigenvalue weighted by molar-refractivity contribution is -0.0228. The summed E-state index contributed by atoms with van der Waals surface area (Å²) in [6.07, 6.45) is 3.93. The summed E-state index contributed by atoms with van der Waals surface area (Å²) in [5, 5.41) is 8.98. The Kier molecular flexibility index (Phi) is 4.38. The predicted molar refractivity (Wildman–Crippen MR) is 65.5 cm³/mol. The van der Waals surface area contributed by atoms with Crippen molar-refractivity contribution in [2.24, 2.45) is 0 Å². The van der Waals surface area contributed by atoms with Gasteiger partial charge in [-0.1, -0.05) is 6.42 Å². The monoisotopic (exact) mass is 255 g/mol. The molecule has 0 radical (unpaired) electrons. The van der Waals surface area contributed by atoms with Gasteiger partial charge in [0.05, 0.1) is 6.10 Å². The minimum atomic E-state index is -0.395. The number of nitrogens with one attached hydrogen (secondary N) is 1. The molecule has 1 aromatic carbocycles. The topological polar surface area (TPSA) is 50.7 Å². The standard InChI is InChI=1S/C13H18FNO3/c1-17-11-4-2-3-5-12(11)18-13-8-9(14)6-7-10(13)15-16/h6-8,11-12,15-16H,2-5H2,1H3. The molecule has 0 heterocycles. The summed E-state index contributed by atoms with van der Waals surface area (Å²) in [4.78, 5) is 0. The van der Waals surface area contributed by atoms with Crippen LogP contribution in [0.4, 0.5) is 10.1 Å². The van der Waals surface area contributed by atoms with Crippen molar-refractivity contribution in [2.75, 3.05) is 12.6 Å². The van der Waals surface area contributed by atoms with Crippen LogP contribution in [0.2, 0.25) is 0 Å². The molecular weight excluding hydrogens is 237 g/mol. The number of rotatable bonds is 4. The van der Waals surface area contributed by atoms with Crippen LogP contribution < -0.4 is 10.2 Å². The van der Waals surface area contributed by atoms with E-state index in [1.807, 2.05) is 5.48 Å². The van der Waals surface area contributed by atoms with Crippen molar-refractivity contribution >= 4 is 5.69 Å². The molecule has 1 fully saturated rings. The molecule has 5 heteroatoms. The predicted octanol–water partition coefficient (Wildman–Crippen LogP) is 2.96. The highest BCUT2D eigenvalue weighted by atomic mass is 19.1. The molecule has 0 saturated heterocycles. The fraction of sp³-hybridized carbons (Fsp3) is 0.538. The van der Waals surface area contributed by atoms with E-state index in [1.165, 1.54) is 18.2 Å². The third kappa shape index (κ3) is 2.91. The summed E-state index contributed by atoms with van der Waals surface area (Å²) < 4.78 is 24.3. The molecule has 0 bridgehead atoms. The maximum atomic E-state index is 13.2. The van der Waals surface area contributed by atoms with Crippen LogP contribution in [0.3, 0.4) is 0 Å². The third-order valence-electron chi connectivity index (χ3n) is 3.29. The minimum absolute atomic E-state index is 0.0218. The first kappa shape index (κ1) is 13.1. The van der Waals surface area contributed by atoms with Crippen LogP contribution in [-0.2, 0) is 4.74 Å². The van der Waals surface area contributed by atoms with Gasteiger partial charge < -0.3 is 9.47 Å².